The van der Waals surface area contributed by atoms with Gasteiger partial charge in [-0.05, 0) is 53.6 Å². The van der Waals surface area contributed by atoms with Gasteiger partial charge in [0.15, 0.2) is 0 Å². The van der Waals surface area contributed by atoms with Crippen LogP contribution in [0.2, 0.25) is 0 Å². The zero-order chi connectivity index (χ0) is 36.4. The first kappa shape index (κ1) is 38.1. The minimum absolute atomic E-state index is 0.00612. The summed E-state index contributed by atoms with van der Waals surface area (Å²) in [5.74, 6) is -1.45. The number of hydrogen-bond acceptors (Lipinski definition) is 9. The van der Waals surface area contributed by atoms with E-state index in [0.717, 1.165) is 10.5 Å². The molecular weight excluding hydrogens is 660 g/mol. The van der Waals surface area contributed by atoms with Crippen molar-refractivity contribution in [1.29, 1.82) is 0 Å². The second-order valence-corrected chi connectivity index (χ2v) is 14.9. The van der Waals surface area contributed by atoms with Gasteiger partial charge >= 0.3 is 6.03 Å². The fourth-order valence-corrected chi connectivity index (χ4v) is 7.51. The summed E-state index contributed by atoms with van der Waals surface area (Å²) in [6.45, 7) is 6.87. The van der Waals surface area contributed by atoms with Crippen molar-refractivity contribution >= 4 is 34.1 Å². The smallest absolute Gasteiger partial charge is 0.328 e. The van der Waals surface area contributed by atoms with E-state index in [4.69, 9.17) is 5.21 Å². The van der Waals surface area contributed by atoms with Crippen LogP contribution in [-0.4, -0.2) is 99.7 Å². The van der Waals surface area contributed by atoms with Crippen LogP contribution in [0.1, 0.15) is 50.9 Å². The summed E-state index contributed by atoms with van der Waals surface area (Å²) in [6, 6.07) is 17.6. The third-order valence-corrected chi connectivity index (χ3v) is 10.5. The van der Waals surface area contributed by atoms with Gasteiger partial charge in [0.25, 0.3) is 5.91 Å². The van der Waals surface area contributed by atoms with Crippen LogP contribution < -0.4 is 5.32 Å². The topological polar surface area (TPSA) is 173 Å². The molecule has 4 amide bonds. The molecule has 1 aliphatic heterocycles. The summed E-state index contributed by atoms with van der Waals surface area (Å²) in [7, 11) is -4.10. The first-order valence-corrected chi connectivity index (χ1v) is 18.1. The molecule has 1 unspecified atom stereocenters. The highest BCUT2D eigenvalue weighted by atomic mass is 32.2. The number of carbonyl (C=O) groups is 3. The predicted molar refractivity (Wildman–Crippen MR) is 188 cm³/mol. The van der Waals surface area contributed by atoms with E-state index in [1.54, 1.807) is 24.4 Å². The van der Waals surface area contributed by atoms with E-state index in [-0.39, 0.29) is 49.3 Å². The molecule has 14 heteroatoms. The van der Waals surface area contributed by atoms with Gasteiger partial charge in [0, 0.05) is 19.3 Å². The van der Waals surface area contributed by atoms with E-state index in [1.807, 2.05) is 58.0 Å². The third kappa shape index (κ3) is 9.52. The number of imide groups is 1. The van der Waals surface area contributed by atoms with Crippen LogP contribution in [0.15, 0.2) is 89.0 Å². The van der Waals surface area contributed by atoms with E-state index < -0.39 is 46.1 Å². The van der Waals surface area contributed by atoms with Crippen molar-refractivity contribution < 1.29 is 33.1 Å². The van der Waals surface area contributed by atoms with Crippen LogP contribution in [-0.2, 0) is 32.6 Å². The molecule has 50 heavy (non-hydrogen) atoms. The zero-order valence-electron chi connectivity index (χ0n) is 28.8. The molecule has 3 N–H and O–H groups in total. The Morgan fingerprint density at radius 2 is 1.70 bits per heavy atom. The molecule has 4 atom stereocenters. The molecule has 1 aliphatic rings. The van der Waals surface area contributed by atoms with Crippen LogP contribution in [0.25, 0.3) is 0 Å². The van der Waals surface area contributed by atoms with Gasteiger partial charge in [-0.3, -0.25) is 19.5 Å². The minimum atomic E-state index is -4.10. The molecule has 1 fully saturated rings. The number of urea groups is 1. The van der Waals surface area contributed by atoms with Crippen LogP contribution >= 0.6 is 0 Å². The molecule has 2 heterocycles. The van der Waals surface area contributed by atoms with Crippen molar-refractivity contribution in [2.24, 2.45) is 17.0 Å². The fourth-order valence-electron chi connectivity index (χ4n) is 5.89. The highest BCUT2D eigenvalue weighted by Gasteiger charge is 2.45. The van der Waals surface area contributed by atoms with Crippen LogP contribution in [0.3, 0.4) is 0 Å². The number of oxime groups is 1. The molecule has 4 rings (SSSR count). The normalized spacial score (nSPS) is 16.3. The van der Waals surface area contributed by atoms with Gasteiger partial charge in [0.2, 0.25) is 15.9 Å². The summed E-state index contributed by atoms with van der Waals surface area (Å²) in [5.41, 5.74) is 1.83. The Hall–Kier alpha value is -4.66. The number of aliphatic hydroxyl groups excluding tert-OH is 1. The molecule has 1 aromatic heterocycles. The molecule has 0 radical (unpaired) electrons. The van der Waals surface area contributed by atoms with E-state index >= 15 is 0 Å². The van der Waals surface area contributed by atoms with E-state index in [0.29, 0.717) is 17.7 Å². The molecule has 3 aromatic rings. The van der Waals surface area contributed by atoms with Crippen molar-refractivity contribution in [2.75, 3.05) is 19.6 Å². The number of rotatable bonds is 17. The second-order valence-electron chi connectivity index (χ2n) is 12.9. The van der Waals surface area contributed by atoms with Gasteiger partial charge in [-0.25, -0.2) is 13.2 Å². The number of carbonyl (C=O) groups excluding carboxylic acids is 3. The average molecular weight is 707 g/mol. The predicted octanol–water partition coefficient (Wildman–Crippen LogP) is 3.50. The molecular formula is C36H46N6O7S. The van der Waals surface area contributed by atoms with Gasteiger partial charge in [-0.15, -0.1) is 0 Å². The van der Waals surface area contributed by atoms with Crippen molar-refractivity contribution in [3.63, 3.8) is 0 Å². The lowest BCUT2D eigenvalue weighted by Crippen LogP contribution is -2.57. The van der Waals surface area contributed by atoms with Gasteiger partial charge in [-0.2, -0.15) is 4.31 Å². The maximum atomic E-state index is 14.2. The summed E-state index contributed by atoms with van der Waals surface area (Å²) in [5, 5.41) is 26.5. The Labute approximate surface area is 293 Å². The highest BCUT2D eigenvalue weighted by Crippen LogP contribution is 2.24. The summed E-state index contributed by atoms with van der Waals surface area (Å²) < 4.78 is 28.9. The number of benzene rings is 2. The first-order chi connectivity index (χ1) is 23.8. The Bertz CT molecular complexity index is 1720. The van der Waals surface area contributed by atoms with Crippen molar-refractivity contribution in [1.82, 2.24) is 24.4 Å². The molecule has 0 bridgehead atoms. The quantitative estimate of drug-likeness (QED) is 0.0828. The molecule has 0 saturated carbocycles. The molecule has 13 nitrogen and oxygen atoms in total. The monoisotopic (exact) mass is 706 g/mol. The number of amides is 4. The third-order valence-electron chi connectivity index (χ3n) is 8.69. The zero-order valence-corrected chi connectivity index (χ0v) is 29.6. The highest BCUT2D eigenvalue weighted by molar-refractivity contribution is 7.89. The van der Waals surface area contributed by atoms with Crippen molar-refractivity contribution in [3.05, 3.63) is 95.8 Å². The lowest BCUT2D eigenvalue weighted by Gasteiger charge is -2.34. The molecule has 0 spiro atoms. The van der Waals surface area contributed by atoms with Gasteiger partial charge < -0.3 is 20.5 Å². The van der Waals surface area contributed by atoms with Crippen LogP contribution in [0.5, 0.6) is 0 Å². The number of nitrogens with zero attached hydrogens (tertiary/aromatic N) is 5. The SMILES string of the molecule is CCC(C)[C@@H](C(=O)N[C@@H](Cc1ccccc1)[C@H](O)CN(CC(C)C)S(=O)(=O)c1ccc(/C=N/O)cc1)N1CC(=O)N(Cc2ccccn2)C1=O. The van der Waals surface area contributed by atoms with E-state index in [1.165, 1.54) is 39.7 Å². The number of aromatic nitrogens is 1. The summed E-state index contributed by atoms with van der Waals surface area (Å²) >= 11 is 0. The number of hydrogen-bond donors (Lipinski definition) is 3. The van der Waals surface area contributed by atoms with Crippen LogP contribution in [0.4, 0.5) is 4.79 Å². The summed E-state index contributed by atoms with van der Waals surface area (Å²) in [4.78, 5) is 47.5. The van der Waals surface area contributed by atoms with E-state index in [2.05, 4.69) is 15.5 Å². The fraction of sp³-hybridized carbons (Fsp3) is 0.417. The number of sulfonamides is 1. The van der Waals surface area contributed by atoms with Crippen molar-refractivity contribution in [3.8, 4) is 0 Å². The Balaban J connectivity index is 1.61. The van der Waals surface area contributed by atoms with E-state index in [9.17, 15) is 27.9 Å². The maximum absolute atomic E-state index is 14.2. The first-order valence-electron chi connectivity index (χ1n) is 16.7. The van der Waals surface area contributed by atoms with Gasteiger partial charge in [-0.1, -0.05) is 87.8 Å². The number of pyridine rings is 1. The maximum Gasteiger partial charge on any atom is 0.328 e. The average Bonchev–Trinajstić information content (AvgIpc) is 3.36. The second kappa shape index (κ2) is 17.3. The molecule has 0 aliphatic carbocycles. The Morgan fingerprint density at radius 3 is 2.30 bits per heavy atom. The van der Waals surface area contributed by atoms with Crippen molar-refractivity contribution in [2.45, 2.75) is 70.2 Å². The Kier molecular flexibility index (Phi) is 13.2. The summed E-state index contributed by atoms with van der Waals surface area (Å²) in [6.07, 6.45) is 2.08. The lowest BCUT2D eigenvalue weighted by atomic mass is 9.95. The minimum Gasteiger partial charge on any atom is -0.411 e. The van der Waals surface area contributed by atoms with Crippen LogP contribution in [0, 0.1) is 11.8 Å². The lowest BCUT2D eigenvalue weighted by molar-refractivity contribution is -0.129. The Morgan fingerprint density at radius 1 is 1.02 bits per heavy atom. The van der Waals surface area contributed by atoms with Gasteiger partial charge in [0.1, 0.15) is 12.6 Å². The van der Waals surface area contributed by atoms with Gasteiger partial charge in [0.05, 0.1) is 35.5 Å². The largest absolute Gasteiger partial charge is 0.411 e. The molecule has 268 valence electrons. The standard InChI is InChI=1S/C36H46N6O7S/c1-5-26(4)34(42-24-33(44)41(36(42)46)22-29-13-9-10-18-37-29)35(45)39-31(19-27-11-7-6-8-12-27)32(43)23-40(21-25(2)3)50(48,49)30-16-14-28(15-17-30)20-38-47/h6-18,20,25-26,31-32,34,43,47H,5,19,21-24H2,1-4H3,(H,39,45)/b38-20+/t26?,31-,32+,34-/m0/s1. The number of aliphatic hydroxyl groups is 1. The molecule has 1 saturated heterocycles. The number of nitrogens with one attached hydrogen (secondary N) is 1. The molecule has 2 aromatic carbocycles.